The maximum atomic E-state index is 14.5. The van der Waals surface area contributed by atoms with Crippen LogP contribution in [0.25, 0.3) is 27.4 Å². The predicted octanol–water partition coefficient (Wildman–Crippen LogP) is 6.12. The number of rotatable bonds is 4. The lowest BCUT2D eigenvalue weighted by atomic mass is 9.82. The molecular formula is C26H18F4N2O2. The quantitative estimate of drug-likeness (QED) is 0.325. The molecule has 8 heteroatoms. The minimum absolute atomic E-state index is 0.00363. The Balaban J connectivity index is 1.69. The summed E-state index contributed by atoms with van der Waals surface area (Å²) < 4.78 is 64.4. The number of ether oxygens (including phenoxy) is 1. The maximum absolute atomic E-state index is 14.5. The van der Waals surface area contributed by atoms with Crippen molar-refractivity contribution < 1.29 is 27.4 Å². The van der Waals surface area contributed by atoms with Gasteiger partial charge < -0.3 is 9.84 Å². The number of aromatic nitrogens is 2. The fourth-order valence-corrected chi connectivity index (χ4v) is 4.24. The lowest BCUT2D eigenvalue weighted by molar-refractivity contribution is -0.247. The second-order valence-corrected chi connectivity index (χ2v) is 7.88. The smallest absolute Gasteiger partial charge is 0.425 e. The van der Waals surface area contributed by atoms with E-state index in [0.29, 0.717) is 22.3 Å². The van der Waals surface area contributed by atoms with Gasteiger partial charge in [0, 0.05) is 16.3 Å². The van der Waals surface area contributed by atoms with E-state index in [1.165, 1.54) is 48.7 Å². The molecule has 172 valence electrons. The van der Waals surface area contributed by atoms with E-state index >= 15 is 0 Å². The van der Waals surface area contributed by atoms with Crippen LogP contribution in [0.1, 0.15) is 11.1 Å². The maximum Gasteiger partial charge on any atom is 0.425 e. The van der Waals surface area contributed by atoms with Gasteiger partial charge in [-0.15, -0.1) is 0 Å². The van der Waals surface area contributed by atoms with Gasteiger partial charge in [-0.1, -0.05) is 36.4 Å². The molecule has 0 fully saturated rings. The number of benzene rings is 4. The third kappa shape index (κ3) is 3.30. The number of hydrogen-bond acceptors (Lipinski definition) is 3. The Kier molecular flexibility index (Phi) is 5.06. The zero-order chi connectivity index (χ0) is 24.1. The van der Waals surface area contributed by atoms with Crippen LogP contribution in [0.2, 0.25) is 0 Å². The molecule has 4 nitrogen and oxygen atoms in total. The van der Waals surface area contributed by atoms with Gasteiger partial charge in [-0.25, -0.2) is 9.07 Å². The van der Waals surface area contributed by atoms with Crippen LogP contribution >= 0.6 is 0 Å². The minimum atomic E-state index is -5.08. The zero-order valence-electron chi connectivity index (χ0n) is 17.8. The second-order valence-electron chi connectivity index (χ2n) is 7.88. The van der Waals surface area contributed by atoms with Gasteiger partial charge >= 0.3 is 6.18 Å². The lowest BCUT2D eigenvalue weighted by Crippen LogP contribution is -2.43. The standard InChI is InChI=1S/C26H18F4N2O2/c1-34-19-9-7-18(8-10-19)32-24-13-6-17(14-16(24)15-31-32)25(33,26(28,29)30)22-11-12-23(27)21-5-3-2-4-20(21)22/h2-15,33H,1H3. The first-order chi connectivity index (χ1) is 16.2. The molecule has 1 aromatic heterocycles. The number of fused-ring (bicyclic) bond motifs is 2. The molecule has 0 aliphatic rings. The first-order valence-electron chi connectivity index (χ1n) is 10.3. The molecule has 5 rings (SSSR count). The summed E-state index contributed by atoms with van der Waals surface area (Å²) in [5, 5.41) is 15.9. The highest BCUT2D eigenvalue weighted by Crippen LogP contribution is 2.47. The van der Waals surface area contributed by atoms with Crippen LogP contribution in [0.15, 0.2) is 85.1 Å². The molecule has 0 amide bonds. The first kappa shape index (κ1) is 21.9. The van der Waals surface area contributed by atoms with Crippen LogP contribution in [0.3, 0.4) is 0 Å². The molecule has 0 saturated heterocycles. The van der Waals surface area contributed by atoms with E-state index in [2.05, 4.69) is 5.10 Å². The summed E-state index contributed by atoms with van der Waals surface area (Å²) in [6, 6.07) is 18.7. The zero-order valence-corrected chi connectivity index (χ0v) is 17.8. The van der Waals surface area contributed by atoms with Crippen LogP contribution in [0.5, 0.6) is 5.75 Å². The molecule has 1 unspecified atom stereocenters. The third-order valence-corrected chi connectivity index (χ3v) is 5.97. The average Bonchev–Trinajstić information content (AvgIpc) is 3.27. The molecular weight excluding hydrogens is 448 g/mol. The molecule has 34 heavy (non-hydrogen) atoms. The Morgan fingerprint density at radius 3 is 2.26 bits per heavy atom. The Morgan fingerprint density at radius 2 is 1.59 bits per heavy atom. The van der Waals surface area contributed by atoms with Gasteiger partial charge in [-0.2, -0.15) is 18.3 Å². The van der Waals surface area contributed by atoms with Crippen molar-refractivity contribution in [2.75, 3.05) is 7.11 Å². The van der Waals surface area contributed by atoms with Crippen molar-refractivity contribution in [2.45, 2.75) is 11.8 Å². The highest BCUT2D eigenvalue weighted by Gasteiger charge is 2.57. The van der Waals surface area contributed by atoms with E-state index < -0.39 is 28.7 Å². The number of alkyl halides is 3. The summed E-state index contributed by atoms with van der Waals surface area (Å²) in [5.41, 5.74) is -2.95. The molecule has 0 radical (unpaired) electrons. The molecule has 1 atom stereocenters. The van der Waals surface area contributed by atoms with Gasteiger partial charge in [-0.3, -0.25) is 0 Å². The summed E-state index contributed by atoms with van der Waals surface area (Å²) in [5.74, 6) is -0.00985. The van der Waals surface area contributed by atoms with Gasteiger partial charge in [0.25, 0.3) is 0 Å². The fraction of sp³-hybridized carbons (Fsp3) is 0.115. The van der Waals surface area contributed by atoms with Gasteiger partial charge in [0.1, 0.15) is 11.6 Å². The van der Waals surface area contributed by atoms with E-state index in [4.69, 9.17) is 4.74 Å². The first-order valence-corrected chi connectivity index (χ1v) is 10.3. The predicted molar refractivity (Wildman–Crippen MR) is 121 cm³/mol. The molecule has 5 aromatic rings. The minimum Gasteiger partial charge on any atom is -0.497 e. The van der Waals surface area contributed by atoms with Crippen LogP contribution in [0, 0.1) is 5.82 Å². The van der Waals surface area contributed by atoms with Crippen molar-refractivity contribution in [1.82, 2.24) is 9.78 Å². The number of nitrogens with zero attached hydrogens (tertiary/aromatic N) is 2. The number of halogens is 4. The number of aliphatic hydroxyl groups is 1. The molecule has 1 N–H and O–H groups in total. The second kappa shape index (κ2) is 7.85. The van der Waals surface area contributed by atoms with Gasteiger partial charge in [0.05, 0.1) is 24.5 Å². The summed E-state index contributed by atoms with van der Waals surface area (Å²) in [6.45, 7) is 0. The molecule has 0 saturated carbocycles. The molecule has 1 heterocycles. The fourth-order valence-electron chi connectivity index (χ4n) is 4.24. The Labute approximate surface area is 191 Å². The van der Waals surface area contributed by atoms with Crippen LogP contribution in [0.4, 0.5) is 17.6 Å². The van der Waals surface area contributed by atoms with Crippen molar-refractivity contribution in [3.63, 3.8) is 0 Å². The van der Waals surface area contributed by atoms with Gasteiger partial charge in [0.2, 0.25) is 5.60 Å². The van der Waals surface area contributed by atoms with Gasteiger partial charge in [-0.05, 0) is 53.4 Å². The Hall–Kier alpha value is -3.91. The largest absolute Gasteiger partial charge is 0.497 e. The summed E-state index contributed by atoms with van der Waals surface area (Å²) in [6.07, 6.45) is -3.64. The normalized spacial score (nSPS) is 13.8. The van der Waals surface area contributed by atoms with Gasteiger partial charge in [0.15, 0.2) is 0 Å². The molecule has 4 aromatic carbocycles. The van der Waals surface area contributed by atoms with Crippen molar-refractivity contribution >= 4 is 21.7 Å². The summed E-state index contributed by atoms with van der Waals surface area (Å²) >= 11 is 0. The average molecular weight is 466 g/mol. The Morgan fingerprint density at radius 1 is 0.882 bits per heavy atom. The van der Waals surface area contributed by atoms with E-state index in [1.54, 1.807) is 36.1 Å². The molecule has 0 aliphatic carbocycles. The van der Waals surface area contributed by atoms with Crippen LogP contribution in [-0.4, -0.2) is 28.2 Å². The highest BCUT2D eigenvalue weighted by atomic mass is 19.4. The van der Waals surface area contributed by atoms with Crippen molar-refractivity contribution in [3.05, 3.63) is 102 Å². The monoisotopic (exact) mass is 466 g/mol. The molecule has 0 aliphatic heterocycles. The summed E-state index contributed by atoms with van der Waals surface area (Å²) in [7, 11) is 1.55. The number of methoxy groups -OCH3 is 1. The Bertz CT molecular complexity index is 1510. The SMILES string of the molecule is COc1ccc(-n2ncc3cc(C(O)(c4ccc(F)c5ccccc45)C(F)(F)F)ccc32)cc1. The molecule has 0 spiro atoms. The highest BCUT2D eigenvalue weighted by molar-refractivity contribution is 5.88. The lowest BCUT2D eigenvalue weighted by Gasteiger charge is -2.32. The van der Waals surface area contributed by atoms with Crippen LogP contribution < -0.4 is 4.74 Å². The van der Waals surface area contributed by atoms with E-state index in [9.17, 15) is 22.7 Å². The van der Waals surface area contributed by atoms with E-state index in [0.717, 1.165) is 12.1 Å². The molecule has 0 bridgehead atoms. The van der Waals surface area contributed by atoms with Crippen molar-refractivity contribution in [1.29, 1.82) is 0 Å². The third-order valence-electron chi connectivity index (χ3n) is 5.97. The van der Waals surface area contributed by atoms with Crippen molar-refractivity contribution in [3.8, 4) is 11.4 Å². The topological polar surface area (TPSA) is 47.3 Å². The summed E-state index contributed by atoms with van der Waals surface area (Å²) in [4.78, 5) is 0. The van der Waals surface area contributed by atoms with Crippen molar-refractivity contribution in [2.24, 2.45) is 0 Å². The van der Waals surface area contributed by atoms with E-state index in [-0.39, 0.29) is 10.8 Å². The van der Waals surface area contributed by atoms with E-state index in [1.807, 2.05) is 0 Å². The number of hydrogen-bond donors (Lipinski definition) is 1. The van der Waals surface area contributed by atoms with Crippen LogP contribution in [-0.2, 0) is 5.60 Å².